The zero-order valence-electron chi connectivity index (χ0n) is 12.7. The van der Waals surface area contributed by atoms with Crippen LogP contribution in [0, 0.1) is 0 Å². The summed E-state index contributed by atoms with van der Waals surface area (Å²) in [4.78, 5) is 25.8. The molecule has 0 amide bonds. The van der Waals surface area contributed by atoms with Gasteiger partial charge in [0.2, 0.25) is 0 Å². The molecule has 0 bridgehead atoms. The van der Waals surface area contributed by atoms with Crippen molar-refractivity contribution in [2.45, 2.75) is 16.7 Å². The molecule has 4 nitrogen and oxygen atoms in total. The largest absolute Gasteiger partial charge is 0.465 e. The molecule has 0 saturated carbocycles. The molecule has 0 heterocycles. The van der Waals surface area contributed by atoms with Crippen LogP contribution in [0.5, 0.6) is 0 Å². The molecule has 2 aromatic rings. The Morgan fingerprint density at radius 2 is 1.65 bits per heavy atom. The van der Waals surface area contributed by atoms with Crippen LogP contribution in [0.1, 0.15) is 27.6 Å². The van der Waals surface area contributed by atoms with E-state index in [1.807, 2.05) is 24.3 Å². The van der Waals surface area contributed by atoms with E-state index < -0.39 is 11.9 Å². The quantitative estimate of drug-likeness (QED) is 0.695. The normalized spacial score (nSPS) is 10.2. The first-order valence-electron chi connectivity index (χ1n) is 6.88. The van der Waals surface area contributed by atoms with Gasteiger partial charge in [-0.2, -0.15) is 0 Å². The van der Waals surface area contributed by atoms with E-state index in [-0.39, 0.29) is 17.7 Å². The Balaban J connectivity index is 2.34. The van der Waals surface area contributed by atoms with E-state index in [9.17, 15) is 9.59 Å². The fraction of sp³-hybridized carbons (Fsp3) is 0.176. The average molecular weight is 395 g/mol. The molecule has 0 aliphatic carbocycles. The van der Waals surface area contributed by atoms with Crippen LogP contribution in [-0.2, 0) is 9.47 Å². The highest BCUT2D eigenvalue weighted by Crippen LogP contribution is 2.30. The number of hydrogen-bond donors (Lipinski definition) is 0. The van der Waals surface area contributed by atoms with Crippen LogP contribution in [0.3, 0.4) is 0 Å². The maximum atomic E-state index is 12.1. The lowest BCUT2D eigenvalue weighted by Gasteiger charge is -2.10. The van der Waals surface area contributed by atoms with Gasteiger partial charge in [-0.3, -0.25) is 0 Å². The van der Waals surface area contributed by atoms with E-state index in [4.69, 9.17) is 9.47 Å². The van der Waals surface area contributed by atoms with E-state index in [1.165, 1.54) is 18.9 Å². The molecule has 120 valence electrons. The molecule has 6 heteroatoms. The van der Waals surface area contributed by atoms with Crippen LogP contribution in [0.4, 0.5) is 0 Å². The molecule has 0 radical (unpaired) electrons. The van der Waals surface area contributed by atoms with Crippen LogP contribution < -0.4 is 0 Å². The fourth-order valence-electron chi connectivity index (χ4n) is 1.89. The topological polar surface area (TPSA) is 52.6 Å². The lowest BCUT2D eigenvalue weighted by Crippen LogP contribution is -2.13. The van der Waals surface area contributed by atoms with Crippen molar-refractivity contribution in [1.29, 1.82) is 0 Å². The Morgan fingerprint density at radius 1 is 1.00 bits per heavy atom. The van der Waals surface area contributed by atoms with Crippen LogP contribution >= 0.6 is 27.7 Å². The van der Waals surface area contributed by atoms with E-state index in [1.54, 1.807) is 25.1 Å². The molecule has 0 aliphatic rings. The Labute approximate surface area is 147 Å². The van der Waals surface area contributed by atoms with Crippen molar-refractivity contribution in [3.05, 3.63) is 58.1 Å². The van der Waals surface area contributed by atoms with E-state index in [0.717, 1.165) is 14.3 Å². The van der Waals surface area contributed by atoms with E-state index >= 15 is 0 Å². The Hall–Kier alpha value is -1.79. The minimum absolute atomic E-state index is 0.200. The summed E-state index contributed by atoms with van der Waals surface area (Å²) in [6.45, 7) is 1.96. The number of ether oxygens (including phenoxy) is 2. The standard InChI is InChI=1S/C17H15BrO4S/c1-3-22-17(20)15-10-13(8-9-14(15)16(19)21-2)23-12-6-4-11(18)5-7-12/h4-10H,3H2,1-2H3. The van der Waals surface area contributed by atoms with Crippen LogP contribution in [0.15, 0.2) is 56.7 Å². The summed E-state index contributed by atoms with van der Waals surface area (Å²) >= 11 is 4.88. The molecule has 0 unspecified atom stereocenters. The first-order valence-corrected chi connectivity index (χ1v) is 8.49. The van der Waals surface area contributed by atoms with Gasteiger partial charge in [0.05, 0.1) is 24.8 Å². The second-order valence-electron chi connectivity index (χ2n) is 4.48. The lowest BCUT2D eigenvalue weighted by molar-refractivity contribution is 0.0503. The van der Waals surface area contributed by atoms with Gasteiger partial charge >= 0.3 is 11.9 Å². The molecule has 2 rings (SSSR count). The molecule has 2 aromatic carbocycles. The minimum Gasteiger partial charge on any atom is -0.465 e. The van der Waals surface area contributed by atoms with Crippen LogP contribution in [0.2, 0.25) is 0 Å². The van der Waals surface area contributed by atoms with Gasteiger partial charge in [-0.05, 0) is 49.4 Å². The Kier molecular flexibility index (Phi) is 6.24. The SMILES string of the molecule is CCOC(=O)c1cc(Sc2ccc(Br)cc2)ccc1C(=O)OC. The minimum atomic E-state index is -0.562. The maximum Gasteiger partial charge on any atom is 0.339 e. The first kappa shape index (κ1) is 17.6. The van der Waals surface area contributed by atoms with Gasteiger partial charge < -0.3 is 9.47 Å². The molecule has 0 spiro atoms. The van der Waals surface area contributed by atoms with Gasteiger partial charge in [-0.15, -0.1) is 0 Å². The fourth-order valence-corrected chi connectivity index (χ4v) is 3.01. The summed E-state index contributed by atoms with van der Waals surface area (Å²) in [6, 6.07) is 12.8. The van der Waals surface area contributed by atoms with Gasteiger partial charge in [-0.25, -0.2) is 9.59 Å². The number of halogens is 1. The summed E-state index contributed by atoms with van der Waals surface area (Å²) in [5.74, 6) is -1.10. The van der Waals surface area contributed by atoms with Gasteiger partial charge in [0.25, 0.3) is 0 Å². The number of esters is 2. The molecular formula is C17H15BrO4S. The van der Waals surface area contributed by atoms with Crippen molar-refractivity contribution in [1.82, 2.24) is 0 Å². The van der Waals surface area contributed by atoms with Gasteiger partial charge in [-0.1, -0.05) is 27.7 Å². The molecule has 0 N–H and O–H groups in total. The van der Waals surface area contributed by atoms with Crippen molar-refractivity contribution >= 4 is 39.6 Å². The molecule has 0 fully saturated rings. The lowest BCUT2D eigenvalue weighted by atomic mass is 10.1. The third-order valence-electron chi connectivity index (χ3n) is 2.94. The van der Waals surface area contributed by atoms with Crippen LogP contribution in [0.25, 0.3) is 0 Å². The predicted octanol–water partition coefficient (Wildman–Crippen LogP) is 4.56. The average Bonchev–Trinajstić information content (AvgIpc) is 2.56. The van der Waals surface area contributed by atoms with Crippen LogP contribution in [-0.4, -0.2) is 25.7 Å². The van der Waals surface area contributed by atoms with Crippen molar-refractivity contribution in [2.24, 2.45) is 0 Å². The van der Waals surface area contributed by atoms with Crippen molar-refractivity contribution in [3.8, 4) is 0 Å². The molecule has 0 atom stereocenters. The Bertz CT molecular complexity index is 713. The third kappa shape index (κ3) is 4.59. The number of hydrogen-bond acceptors (Lipinski definition) is 5. The number of benzene rings is 2. The number of rotatable bonds is 5. The second-order valence-corrected chi connectivity index (χ2v) is 6.54. The predicted molar refractivity (Wildman–Crippen MR) is 92.0 cm³/mol. The first-order chi connectivity index (χ1) is 11.0. The second kappa shape index (κ2) is 8.17. The maximum absolute atomic E-state index is 12.1. The van der Waals surface area contributed by atoms with Gasteiger partial charge in [0.1, 0.15) is 0 Å². The highest BCUT2D eigenvalue weighted by molar-refractivity contribution is 9.10. The monoisotopic (exact) mass is 394 g/mol. The summed E-state index contributed by atoms with van der Waals surface area (Å²) in [5, 5.41) is 0. The number of methoxy groups -OCH3 is 1. The van der Waals surface area contributed by atoms with Crippen molar-refractivity contribution < 1.29 is 19.1 Å². The number of carbonyl (C=O) groups is 2. The zero-order valence-corrected chi connectivity index (χ0v) is 15.1. The van der Waals surface area contributed by atoms with Gasteiger partial charge in [0.15, 0.2) is 0 Å². The van der Waals surface area contributed by atoms with E-state index in [2.05, 4.69) is 15.9 Å². The smallest absolute Gasteiger partial charge is 0.339 e. The highest BCUT2D eigenvalue weighted by Gasteiger charge is 2.19. The Morgan fingerprint density at radius 3 is 2.26 bits per heavy atom. The molecule has 0 saturated heterocycles. The summed E-state index contributed by atoms with van der Waals surface area (Å²) in [6.07, 6.45) is 0. The highest BCUT2D eigenvalue weighted by atomic mass is 79.9. The van der Waals surface area contributed by atoms with Crippen molar-refractivity contribution in [2.75, 3.05) is 13.7 Å². The zero-order chi connectivity index (χ0) is 16.8. The molecule has 23 heavy (non-hydrogen) atoms. The third-order valence-corrected chi connectivity index (χ3v) is 4.47. The van der Waals surface area contributed by atoms with Gasteiger partial charge in [0, 0.05) is 14.3 Å². The van der Waals surface area contributed by atoms with Crippen molar-refractivity contribution in [3.63, 3.8) is 0 Å². The molecule has 0 aliphatic heterocycles. The molecule has 0 aromatic heterocycles. The summed E-state index contributed by atoms with van der Waals surface area (Å²) in [7, 11) is 1.28. The number of carbonyl (C=O) groups excluding carboxylic acids is 2. The summed E-state index contributed by atoms with van der Waals surface area (Å²) < 4.78 is 10.7. The summed E-state index contributed by atoms with van der Waals surface area (Å²) in [5.41, 5.74) is 0.409. The molecular weight excluding hydrogens is 380 g/mol. The van der Waals surface area contributed by atoms with E-state index in [0.29, 0.717) is 0 Å².